The number of aliphatic hydroxyl groups is 1. The summed E-state index contributed by atoms with van der Waals surface area (Å²) in [6, 6.07) is 38.2. The summed E-state index contributed by atoms with van der Waals surface area (Å²) in [5.74, 6) is 0.0752. The quantitative estimate of drug-likeness (QED) is 0.0507. The molecule has 230 valence electrons. The zero-order valence-corrected chi connectivity index (χ0v) is 27.0. The Bertz CT molecular complexity index is 1170. The third-order valence-electron chi connectivity index (χ3n) is 5.80. The van der Waals surface area contributed by atoms with Crippen LogP contribution in [0.1, 0.15) is 60.2 Å². The van der Waals surface area contributed by atoms with Crippen molar-refractivity contribution in [2.24, 2.45) is 0 Å². The fraction of sp³-hybridized carbons (Fsp3) is 0.179. The van der Waals surface area contributed by atoms with Gasteiger partial charge in [0.15, 0.2) is 5.78 Å². The van der Waals surface area contributed by atoms with Gasteiger partial charge in [-0.25, -0.2) is 0 Å². The molecule has 0 aliphatic carbocycles. The number of allylic oxidation sites excluding steroid dienone is 3. The number of carbonyl (C=O) groups excluding carboxylic acids is 1. The van der Waals surface area contributed by atoms with E-state index in [0.717, 1.165) is 46.8 Å². The van der Waals surface area contributed by atoms with E-state index in [0.29, 0.717) is 6.42 Å². The molecule has 0 radical (unpaired) electrons. The molecule has 0 aliphatic heterocycles. The summed E-state index contributed by atoms with van der Waals surface area (Å²) < 4.78 is 0. The second-order valence-corrected chi connectivity index (χ2v) is 9.62. The molecule has 0 atom stereocenters. The maximum absolute atomic E-state index is 11.8. The van der Waals surface area contributed by atoms with Crippen molar-refractivity contribution in [1.29, 1.82) is 0 Å². The number of halogens is 1. The molecule has 4 aromatic rings. The van der Waals surface area contributed by atoms with Crippen molar-refractivity contribution in [2.75, 3.05) is 5.33 Å². The summed E-state index contributed by atoms with van der Waals surface area (Å²) in [7, 11) is 0. The molecule has 0 unspecified atom stereocenters. The zero-order chi connectivity index (χ0) is 30.2. The Labute approximate surface area is 287 Å². The van der Waals surface area contributed by atoms with Crippen LogP contribution in [0, 0.1) is 6.92 Å². The molecule has 4 rings (SSSR count). The molecule has 4 aromatic carbocycles. The van der Waals surface area contributed by atoms with Crippen molar-refractivity contribution in [3.05, 3.63) is 188 Å². The predicted molar refractivity (Wildman–Crippen MR) is 192 cm³/mol. The summed E-state index contributed by atoms with van der Waals surface area (Å²) in [5.41, 5.74) is 2.39. The maximum atomic E-state index is 11.8. The van der Waals surface area contributed by atoms with Crippen LogP contribution in [0.2, 0.25) is 0 Å². The normalized spacial score (nSPS) is 9.07. The molecular formula is C39H49BrLiO3+. The van der Waals surface area contributed by atoms with Gasteiger partial charge in [0.05, 0.1) is 0 Å². The molecule has 0 fully saturated rings. The Kier molecular flexibility index (Phi) is 29.3. The minimum absolute atomic E-state index is 0. The van der Waals surface area contributed by atoms with Gasteiger partial charge in [-0.3, -0.25) is 4.79 Å². The van der Waals surface area contributed by atoms with Gasteiger partial charge in [-0.1, -0.05) is 157 Å². The van der Waals surface area contributed by atoms with Crippen LogP contribution in [0.4, 0.5) is 0 Å². The molecule has 0 saturated heterocycles. The van der Waals surface area contributed by atoms with E-state index in [9.17, 15) is 9.90 Å². The molecule has 3 nitrogen and oxygen atoms in total. The van der Waals surface area contributed by atoms with E-state index in [2.05, 4.69) is 42.6 Å². The Balaban J connectivity index is -0.000000577. The molecule has 44 heavy (non-hydrogen) atoms. The van der Waals surface area contributed by atoms with Gasteiger partial charge in [-0.15, -0.1) is 25.8 Å². The van der Waals surface area contributed by atoms with Crippen molar-refractivity contribution in [3.8, 4) is 0 Å². The summed E-state index contributed by atoms with van der Waals surface area (Å²) in [5, 5.41) is 12.1. The van der Waals surface area contributed by atoms with Crippen LogP contribution in [0.5, 0.6) is 0 Å². The van der Waals surface area contributed by atoms with Crippen LogP contribution in [0.25, 0.3) is 0 Å². The number of ketones is 1. The monoisotopic (exact) mass is 651 g/mol. The molecule has 0 saturated carbocycles. The van der Waals surface area contributed by atoms with Gasteiger partial charge < -0.3 is 17.5 Å². The van der Waals surface area contributed by atoms with Gasteiger partial charge >= 0.3 is 18.9 Å². The van der Waals surface area contributed by atoms with Gasteiger partial charge in [0.25, 0.3) is 0 Å². The Morgan fingerprint density at radius 1 is 0.682 bits per heavy atom. The van der Waals surface area contributed by atoms with E-state index in [1.54, 1.807) is 6.08 Å². The van der Waals surface area contributed by atoms with Crippen molar-refractivity contribution >= 4 is 21.7 Å². The topological polar surface area (TPSA) is 70.3 Å². The SMILES string of the molecule is C.C=CCCBr.C=CCCC(O)(c1ccccc1)c1ccccc1.C=CC[CH2-].O=C(c1ccccc1)c1ccccc1.[Li+].[OH3+]. The molecule has 0 aliphatic rings. The van der Waals surface area contributed by atoms with E-state index in [4.69, 9.17) is 0 Å². The summed E-state index contributed by atoms with van der Waals surface area (Å²) in [6.07, 6.45) is 8.82. The van der Waals surface area contributed by atoms with E-state index >= 15 is 0 Å². The molecule has 5 heteroatoms. The fourth-order valence-electron chi connectivity index (χ4n) is 3.62. The van der Waals surface area contributed by atoms with Crippen LogP contribution in [-0.2, 0) is 11.1 Å². The molecule has 0 heterocycles. The summed E-state index contributed by atoms with van der Waals surface area (Å²) >= 11 is 3.24. The molecule has 0 spiro atoms. The molecule has 0 amide bonds. The van der Waals surface area contributed by atoms with Gasteiger partial charge in [0, 0.05) is 16.5 Å². The number of rotatable bonds is 10. The van der Waals surface area contributed by atoms with Crippen LogP contribution in [0.15, 0.2) is 159 Å². The third kappa shape index (κ3) is 17.2. The second kappa shape index (κ2) is 28.5. The number of alkyl halides is 1. The van der Waals surface area contributed by atoms with Crippen molar-refractivity contribution in [3.63, 3.8) is 0 Å². The minimum Gasteiger partial charge on any atom is -0.457 e. The van der Waals surface area contributed by atoms with Crippen LogP contribution in [-0.4, -0.2) is 16.2 Å². The van der Waals surface area contributed by atoms with Crippen molar-refractivity contribution in [2.45, 2.75) is 38.7 Å². The average molecular weight is 653 g/mol. The summed E-state index contributed by atoms with van der Waals surface area (Å²) in [4.78, 5) is 11.8. The van der Waals surface area contributed by atoms with E-state index in [1.165, 1.54) is 0 Å². The molecule has 4 N–H and O–H groups in total. The zero-order valence-electron chi connectivity index (χ0n) is 25.5. The van der Waals surface area contributed by atoms with E-state index < -0.39 is 5.60 Å². The summed E-state index contributed by atoms with van der Waals surface area (Å²) in [6.45, 7) is 14.2. The Hall–Kier alpha value is -3.23. The average Bonchev–Trinajstić information content (AvgIpc) is 3.06. The number of hydrogen-bond donors (Lipinski definition) is 1. The Morgan fingerprint density at radius 3 is 1.25 bits per heavy atom. The number of hydrogen-bond acceptors (Lipinski definition) is 2. The standard InChI is InChI=1S/C17H18O.C13H10O.C4H7Br.C4H7.CH4.Li.H2O/c1-2-3-14-17(18,15-10-6-4-7-11-15)16-12-8-5-9-13-16;14-13(11-7-3-1-4-8-11)12-9-5-2-6-10-12;1-2-3-4-5;1-3-4-2;;;/h2,4-13,18H,1,3,14H2;1-10H;2H,1,3-4H2;3H,1-2,4H2;1H4;;1H2/q;;;-1;;+1;/p+1. The van der Waals surface area contributed by atoms with Gasteiger partial charge in [-0.05, 0) is 30.4 Å². The minimum atomic E-state index is -0.934. The van der Waals surface area contributed by atoms with Crippen molar-refractivity contribution in [1.82, 2.24) is 0 Å². The van der Waals surface area contributed by atoms with Crippen LogP contribution >= 0.6 is 15.9 Å². The molecular weight excluding hydrogens is 603 g/mol. The number of carbonyl (C=O) groups is 1. The van der Waals surface area contributed by atoms with Gasteiger partial charge in [0.2, 0.25) is 0 Å². The smallest absolute Gasteiger partial charge is 0.457 e. The second-order valence-electron chi connectivity index (χ2n) is 8.82. The maximum Gasteiger partial charge on any atom is 1.00 e. The van der Waals surface area contributed by atoms with Crippen LogP contribution in [0.3, 0.4) is 0 Å². The van der Waals surface area contributed by atoms with Crippen LogP contribution < -0.4 is 18.9 Å². The third-order valence-corrected chi connectivity index (χ3v) is 6.26. The first kappa shape index (κ1) is 45.2. The first-order valence-corrected chi connectivity index (χ1v) is 14.8. The van der Waals surface area contributed by atoms with E-state index in [-0.39, 0.29) is 37.5 Å². The largest absolute Gasteiger partial charge is 1.00 e. The van der Waals surface area contributed by atoms with Gasteiger partial charge in [0.1, 0.15) is 5.60 Å². The molecule has 0 bridgehead atoms. The predicted octanol–water partition coefficient (Wildman–Crippen LogP) is 6.88. The first-order valence-electron chi connectivity index (χ1n) is 13.6. The Morgan fingerprint density at radius 2 is 1.00 bits per heavy atom. The fourth-order valence-corrected chi connectivity index (χ4v) is 3.94. The first-order chi connectivity index (χ1) is 20.0. The van der Waals surface area contributed by atoms with Crippen molar-refractivity contribution < 1.29 is 34.2 Å². The van der Waals surface area contributed by atoms with Gasteiger partial charge in [-0.2, -0.15) is 6.42 Å². The van der Waals surface area contributed by atoms with E-state index in [1.807, 2.05) is 133 Å². The number of benzene rings is 4. The molecule has 0 aromatic heterocycles.